The van der Waals surface area contributed by atoms with Crippen LogP contribution in [0.15, 0.2) is 72.8 Å². The number of anilines is 1. The molecule has 3 aromatic rings. The molecule has 0 saturated heterocycles. The molecule has 0 saturated carbocycles. The minimum Gasteiger partial charge on any atom is -0.457 e. The van der Waals surface area contributed by atoms with Gasteiger partial charge in [0.15, 0.2) is 0 Å². The SMILES string of the molecule is C#Cc1cccc(NC(=O)CNC(=O)c2ccc(Oc3ccc(C(N)=O)cc3)cc2)c1. The van der Waals surface area contributed by atoms with E-state index in [9.17, 15) is 14.4 Å². The third-order valence-electron chi connectivity index (χ3n) is 4.21. The summed E-state index contributed by atoms with van der Waals surface area (Å²) in [6, 6.07) is 19.6. The number of carbonyl (C=O) groups is 3. The van der Waals surface area contributed by atoms with E-state index >= 15 is 0 Å². The van der Waals surface area contributed by atoms with Crippen molar-refractivity contribution in [2.75, 3.05) is 11.9 Å². The highest BCUT2D eigenvalue weighted by Crippen LogP contribution is 2.22. The first-order chi connectivity index (χ1) is 14.9. The molecule has 0 bridgehead atoms. The lowest BCUT2D eigenvalue weighted by atomic mass is 10.2. The van der Waals surface area contributed by atoms with Crippen LogP contribution in [0, 0.1) is 12.3 Å². The topological polar surface area (TPSA) is 111 Å². The molecule has 31 heavy (non-hydrogen) atoms. The van der Waals surface area contributed by atoms with Crippen molar-refractivity contribution < 1.29 is 19.1 Å². The van der Waals surface area contributed by atoms with Gasteiger partial charge in [0.05, 0.1) is 6.54 Å². The molecule has 0 spiro atoms. The number of ether oxygens (including phenoxy) is 1. The molecule has 7 nitrogen and oxygen atoms in total. The Labute approximate surface area is 179 Å². The van der Waals surface area contributed by atoms with Crippen LogP contribution in [0.1, 0.15) is 26.3 Å². The second kappa shape index (κ2) is 9.76. The van der Waals surface area contributed by atoms with E-state index in [0.717, 1.165) is 0 Å². The van der Waals surface area contributed by atoms with Gasteiger partial charge < -0.3 is 21.1 Å². The maximum atomic E-state index is 12.3. The Kier molecular flexibility index (Phi) is 6.66. The van der Waals surface area contributed by atoms with E-state index in [4.69, 9.17) is 16.9 Å². The van der Waals surface area contributed by atoms with Gasteiger partial charge in [-0.25, -0.2) is 0 Å². The monoisotopic (exact) mass is 413 g/mol. The fourth-order valence-corrected chi connectivity index (χ4v) is 2.65. The quantitative estimate of drug-likeness (QED) is 0.517. The number of nitrogens with two attached hydrogens (primary N) is 1. The van der Waals surface area contributed by atoms with Crippen molar-refractivity contribution in [2.45, 2.75) is 0 Å². The molecule has 0 aliphatic rings. The molecule has 0 aliphatic carbocycles. The zero-order valence-electron chi connectivity index (χ0n) is 16.4. The molecule has 154 valence electrons. The summed E-state index contributed by atoms with van der Waals surface area (Å²) in [7, 11) is 0. The number of terminal acetylenes is 1. The summed E-state index contributed by atoms with van der Waals surface area (Å²) in [6.07, 6.45) is 5.34. The van der Waals surface area contributed by atoms with E-state index in [1.54, 1.807) is 72.8 Å². The number of primary amides is 1. The van der Waals surface area contributed by atoms with Crippen molar-refractivity contribution in [3.63, 3.8) is 0 Å². The molecule has 4 N–H and O–H groups in total. The van der Waals surface area contributed by atoms with Crippen LogP contribution in [0.3, 0.4) is 0 Å². The molecule has 3 amide bonds. The number of rotatable bonds is 7. The van der Waals surface area contributed by atoms with Crippen molar-refractivity contribution >= 4 is 23.4 Å². The van der Waals surface area contributed by atoms with Gasteiger partial charge in [0.1, 0.15) is 11.5 Å². The minimum absolute atomic E-state index is 0.191. The maximum absolute atomic E-state index is 12.3. The first-order valence-corrected chi connectivity index (χ1v) is 9.27. The van der Waals surface area contributed by atoms with Gasteiger partial charge in [-0.05, 0) is 66.7 Å². The van der Waals surface area contributed by atoms with Gasteiger partial charge in [-0.15, -0.1) is 6.42 Å². The molecule has 0 aromatic heterocycles. The smallest absolute Gasteiger partial charge is 0.251 e. The molecule has 0 atom stereocenters. The van der Waals surface area contributed by atoms with Crippen LogP contribution in [-0.2, 0) is 4.79 Å². The zero-order valence-corrected chi connectivity index (χ0v) is 16.4. The number of nitrogens with one attached hydrogen (secondary N) is 2. The largest absolute Gasteiger partial charge is 0.457 e. The van der Waals surface area contributed by atoms with Gasteiger partial charge in [0, 0.05) is 22.4 Å². The van der Waals surface area contributed by atoms with Gasteiger partial charge in [-0.2, -0.15) is 0 Å². The molecule has 7 heteroatoms. The van der Waals surface area contributed by atoms with Gasteiger partial charge in [0.2, 0.25) is 11.8 Å². The fourth-order valence-electron chi connectivity index (χ4n) is 2.65. The molecular weight excluding hydrogens is 394 g/mol. The lowest BCUT2D eigenvalue weighted by molar-refractivity contribution is -0.115. The van der Waals surface area contributed by atoms with Crippen LogP contribution in [-0.4, -0.2) is 24.3 Å². The van der Waals surface area contributed by atoms with Crippen LogP contribution in [0.2, 0.25) is 0 Å². The molecule has 0 heterocycles. The highest BCUT2D eigenvalue weighted by Gasteiger charge is 2.09. The summed E-state index contributed by atoms with van der Waals surface area (Å²) >= 11 is 0. The predicted molar refractivity (Wildman–Crippen MR) is 117 cm³/mol. The first kappa shape index (κ1) is 21.1. The van der Waals surface area contributed by atoms with E-state index in [1.807, 2.05) is 0 Å². The maximum Gasteiger partial charge on any atom is 0.251 e. The van der Waals surface area contributed by atoms with Crippen LogP contribution in [0.25, 0.3) is 0 Å². The number of amides is 3. The van der Waals surface area contributed by atoms with E-state index < -0.39 is 11.8 Å². The van der Waals surface area contributed by atoms with Crippen LogP contribution in [0.4, 0.5) is 5.69 Å². The van der Waals surface area contributed by atoms with E-state index in [-0.39, 0.29) is 12.5 Å². The fraction of sp³-hybridized carbons (Fsp3) is 0.0417. The van der Waals surface area contributed by atoms with E-state index in [0.29, 0.717) is 33.9 Å². The summed E-state index contributed by atoms with van der Waals surface area (Å²) in [5.74, 6) is 2.23. The Balaban J connectivity index is 1.52. The molecule has 0 fully saturated rings. The first-order valence-electron chi connectivity index (χ1n) is 9.27. The summed E-state index contributed by atoms with van der Waals surface area (Å²) < 4.78 is 5.67. The van der Waals surface area contributed by atoms with Crippen molar-refractivity contribution in [1.29, 1.82) is 0 Å². The van der Waals surface area contributed by atoms with Crippen LogP contribution >= 0.6 is 0 Å². The predicted octanol–water partition coefficient (Wildman–Crippen LogP) is 2.93. The third kappa shape index (κ3) is 5.95. The lowest BCUT2D eigenvalue weighted by Crippen LogP contribution is -2.32. The second-order valence-corrected chi connectivity index (χ2v) is 6.47. The van der Waals surface area contributed by atoms with Crippen molar-refractivity contribution in [1.82, 2.24) is 5.32 Å². The summed E-state index contributed by atoms with van der Waals surface area (Å²) in [5, 5.41) is 5.23. The molecule has 3 rings (SSSR count). The highest BCUT2D eigenvalue weighted by atomic mass is 16.5. The standard InChI is InChI=1S/C24H19N3O4/c1-2-16-4-3-5-19(14-16)27-22(28)15-26-24(30)18-8-12-21(13-9-18)31-20-10-6-17(7-11-20)23(25)29/h1,3-14H,15H2,(H2,25,29)(H,26,30)(H,27,28). The second-order valence-electron chi connectivity index (χ2n) is 6.47. The number of benzene rings is 3. The number of hydrogen-bond acceptors (Lipinski definition) is 4. The Morgan fingerprint density at radius 1 is 0.903 bits per heavy atom. The van der Waals surface area contributed by atoms with Gasteiger partial charge in [-0.1, -0.05) is 12.0 Å². The van der Waals surface area contributed by atoms with Gasteiger partial charge in [0.25, 0.3) is 5.91 Å². The van der Waals surface area contributed by atoms with Gasteiger partial charge >= 0.3 is 0 Å². The van der Waals surface area contributed by atoms with Crippen LogP contribution < -0.4 is 21.1 Å². The summed E-state index contributed by atoms with van der Waals surface area (Å²) in [5.41, 5.74) is 7.16. The van der Waals surface area contributed by atoms with Crippen molar-refractivity contribution in [2.24, 2.45) is 5.73 Å². The van der Waals surface area contributed by atoms with Gasteiger partial charge in [-0.3, -0.25) is 14.4 Å². The molecule has 3 aromatic carbocycles. The van der Waals surface area contributed by atoms with Crippen molar-refractivity contribution in [3.8, 4) is 23.8 Å². The minimum atomic E-state index is -0.517. The average molecular weight is 413 g/mol. The van der Waals surface area contributed by atoms with Crippen molar-refractivity contribution in [3.05, 3.63) is 89.5 Å². The lowest BCUT2D eigenvalue weighted by Gasteiger charge is -2.09. The third-order valence-corrected chi connectivity index (χ3v) is 4.21. The summed E-state index contributed by atoms with van der Waals surface area (Å²) in [6.45, 7) is -0.191. The molecule has 0 unspecified atom stereocenters. The van der Waals surface area contributed by atoms with E-state index in [1.165, 1.54) is 0 Å². The summed E-state index contributed by atoms with van der Waals surface area (Å²) in [4.78, 5) is 35.4. The highest BCUT2D eigenvalue weighted by molar-refractivity contribution is 5.99. The Bertz CT molecular complexity index is 1150. The Hall–Kier alpha value is -4.57. The Morgan fingerprint density at radius 2 is 1.52 bits per heavy atom. The van der Waals surface area contributed by atoms with E-state index in [2.05, 4.69) is 16.6 Å². The zero-order chi connectivity index (χ0) is 22.2. The molecule has 0 radical (unpaired) electrons. The number of carbonyl (C=O) groups excluding carboxylic acids is 3. The van der Waals surface area contributed by atoms with Crippen LogP contribution in [0.5, 0.6) is 11.5 Å². The normalized spacial score (nSPS) is 9.90. The Morgan fingerprint density at radius 3 is 2.10 bits per heavy atom. The molecule has 0 aliphatic heterocycles. The average Bonchev–Trinajstić information content (AvgIpc) is 2.78. The number of hydrogen-bond donors (Lipinski definition) is 3. The molecular formula is C24H19N3O4.